The number of Topliss-reactive ketones (excluding diaryl/α,β-unsaturated/α-hetero) is 1. The fourth-order valence-corrected chi connectivity index (χ4v) is 3.49. The summed E-state index contributed by atoms with van der Waals surface area (Å²) in [5.74, 6) is 1.17. The lowest BCUT2D eigenvalue weighted by Crippen LogP contribution is -2.12. The summed E-state index contributed by atoms with van der Waals surface area (Å²) in [5, 5.41) is 3.37. The molecule has 0 saturated heterocycles. The van der Waals surface area contributed by atoms with E-state index in [-0.39, 0.29) is 11.7 Å². The van der Waals surface area contributed by atoms with Gasteiger partial charge < -0.3 is 10.1 Å². The van der Waals surface area contributed by atoms with Crippen molar-refractivity contribution in [1.29, 1.82) is 0 Å². The van der Waals surface area contributed by atoms with Gasteiger partial charge >= 0.3 is 0 Å². The number of aromatic nitrogens is 1. The molecule has 1 N–H and O–H groups in total. The van der Waals surface area contributed by atoms with E-state index in [0.717, 1.165) is 16.8 Å². The van der Waals surface area contributed by atoms with Crippen LogP contribution < -0.4 is 10.1 Å². The molecule has 4 rings (SSSR count). The third-order valence-electron chi connectivity index (χ3n) is 4.48. The molecule has 0 atom stereocenters. The summed E-state index contributed by atoms with van der Waals surface area (Å²) in [6.07, 6.45) is 2.36. The van der Waals surface area contributed by atoms with E-state index in [1.54, 1.807) is 54.7 Å². The Morgan fingerprint density at radius 3 is 2.64 bits per heavy atom. The number of fused-ring (bicyclic) bond motifs is 1. The van der Waals surface area contributed by atoms with Gasteiger partial charge in [0.2, 0.25) is 0 Å². The molecular weight excluding hydrogens is 376 g/mol. The highest BCUT2D eigenvalue weighted by Crippen LogP contribution is 2.31. The predicted octanol–water partition coefficient (Wildman–Crippen LogP) is 4.76. The number of rotatable bonds is 4. The first kappa shape index (κ1) is 18.2. The first-order valence-corrected chi connectivity index (χ1v) is 9.20. The van der Waals surface area contributed by atoms with Gasteiger partial charge in [0.25, 0.3) is 5.91 Å². The third kappa shape index (κ3) is 3.89. The SMILES string of the molecule is Cc1cc(Cl)cc(C(=O)Nc2ccc(Oc3ccnc4c3CC(=O)C4)cc2)c1. The molecule has 0 fully saturated rings. The highest BCUT2D eigenvalue weighted by Gasteiger charge is 2.23. The zero-order valence-corrected chi connectivity index (χ0v) is 15.9. The summed E-state index contributed by atoms with van der Waals surface area (Å²) in [4.78, 5) is 28.3. The number of ether oxygens (including phenoxy) is 1. The van der Waals surface area contributed by atoms with Crippen LogP contribution in [-0.4, -0.2) is 16.7 Å². The topological polar surface area (TPSA) is 68.3 Å². The van der Waals surface area contributed by atoms with E-state index in [1.807, 2.05) is 6.92 Å². The molecule has 6 heteroatoms. The number of aryl methyl sites for hydroxylation is 1. The van der Waals surface area contributed by atoms with Gasteiger partial charge in [-0.3, -0.25) is 14.6 Å². The normalized spacial score (nSPS) is 12.6. The zero-order valence-electron chi connectivity index (χ0n) is 15.2. The van der Waals surface area contributed by atoms with Gasteiger partial charge in [-0.25, -0.2) is 0 Å². The van der Waals surface area contributed by atoms with Gasteiger partial charge in [-0.05, 0) is 61.0 Å². The number of halogens is 1. The molecule has 0 saturated carbocycles. The molecule has 0 bridgehead atoms. The quantitative estimate of drug-likeness (QED) is 0.695. The van der Waals surface area contributed by atoms with Gasteiger partial charge in [0.15, 0.2) is 0 Å². The maximum atomic E-state index is 12.4. The Labute approximate surface area is 167 Å². The van der Waals surface area contributed by atoms with E-state index in [1.165, 1.54) is 0 Å². The molecule has 0 radical (unpaired) electrons. The molecule has 2 aromatic carbocycles. The van der Waals surface area contributed by atoms with Crippen molar-refractivity contribution in [3.63, 3.8) is 0 Å². The molecule has 1 aliphatic carbocycles. The van der Waals surface area contributed by atoms with Crippen LogP contribution >= 0.6 is 11.6 Å². The molecule has 1 amide bonds. The van der Waals surface area contributed by atoms with Crippen LogP contribution in [0, 0.1) is 6.92 Å². The molecule has 1 heterocycles. The summed E-state index contributed by atoms with van der Waals surface area (Å²) in [7, 11) is 0. The number of anilines is 1. The Kier molecular flexibility index (Phi) is 4.84. The summed E-state index contributed by atoms with van der Waals surface area (Å²) in [6, 6.07) is 14.0. The second-order valence-electron chi connectivity index (χ2n) is 6.72. The fourth-order valence-electron chi connectivity index (χ4n) is 3.20. The molecule has 1 aromatic heterocycles. The standard InChI is InChI=1S/C22H17ClN2O3/c1-13-8-14(10-15(23)9-13)22(27)25-16-2-4-18(5-3-16)28-21-6-7-24-20-12-17(26)11-19(20)21/h2-10H,11-12H2,1H3,(H,25,27). The number of hydrogen-bond acceptors (Lipinski definition) is 4. The van der Waals surface area contributed by atoms with Gasteiger partial charge in [-0.1, -0.05) is 11.6 Å². The van der Waals surface area contributed by atoms with E-state index in [0.29, 0.717) is 40.6 Å². The van der Waals surface area contributed by atoms with Crippen LogP contribution in [0.25, 0.3) is 0 Å². The maximum Gasteiger partial charge on any atom is 0.255 e. The Morgan fingerprint density at radius 1 is 1.11 bits per heavy atom. The number of carbonyl (C=O) groups is 2. The number of hydrogen-bond donors (Lipinski definition) is 1. The smallest absolute Gasteiger partial charge is 0.255 e. The van der Waals surface area contributed by atoms with Gasteiger partial charge in [0.05, 0.1) is 5.69 Å². The Bertz CT molecular complexity index is 1060. The summed E-state index contributed by atoms with van der Waals surface area (Å²) in [6.45, 7) is 1.89. The Balaban J connectivity index is 1.47. The van der Waals surface area contributed by atoms with Crippen molar-refractivity contribution in [3.8, 4) is 11.5 Å². The number of ketones is 1. The van der Waals surface area contributed by atoms with Crippen molar-refractivity contribution in [2.24, 2.45) is 0 Å². The average molecular weight is 393 g/mol. The van der Waals surface area contributed by atoms with Crippen molar-refractivity contribution in [3.05, 3.63) is 82.1 Å². The predicted molar refractivity (Wildman–Crippen MR) is 107 cm³/mol. The van der Waals surface area contributed by atoms with Gasteiger partial charge in [-0.2, -0.15) is 0 Å². The number of amides is 1. The Morgan fingerprint density at radius 2 is 1.89 bits per heavy atom. The molecule has 0 aliphatic heterocycles. The average Bonchev–Trinajstić information content (AvgIpc) is 3.04. The zero-order chi connectivity index (χ0) is 19.7. The molecule has 3 aromatic rings. The van der Waals surface area contributed by atoms with Crippen LogP contribution in [0.15, 0.2) is 54.7 Å². The van der Waals surface area contributed by atoms with E-state index >= 15 is 0 Å². The fraction of sp³-hybridized carbons (Fsp3) is 0.136. The van der Waals surface area contributed by atoms with Crippen LogP contribution in [0.4, 0.5) is 5.69 Å². The van der Waals surface area contributed by atoms with Crippen LogP contribution in [0.1, 0.15) is 27.2 Å². The molecule has 5 nitrogen and oxygen atoms in total. The second-order valence-corrected chi connectivity index (χ2v) is 7.16. The lowest BCUT2D eigenvalue weighted by atomic mass is 10.1. The first-order valence-electron chi connectivity index (χ1n) is 8.83. The van der Waals surface area contributed by atoms with Crippen LogP contribution in [0.5, 0.6) is 11.5 Å². The number of carbonyl (C=O) groups excluding carboxylic acids is 2. The lowest BCUT2D eigenvalue weighted by molar-refractivity contribution is -0.117. The largest absolute Gasteiger partial charge is 0.457 e. The summed E-state index contributed by atoms with van der Waals surface area (Å²) in [5.41, 5.74) is 3.70. The van der Waals surface area contributed by atoms with E-state index in [4.69, 9.17) is 16.3 Å². The van der Waals surface area contributed by atoms with E-state index < -0.39 is 0 Å². The highest BCUT2D eigenvalue weighted by atomic mass is 35.5. The summed E-state index contributed by atoms with van der Waals surface area (Å²) >= 11 is 6.02. The van der Waals surface area contributed by atoms with E-state index in [9.17, 15) is 9.59 Å². The number of pyridine rings is 1. The summed E-state index contributed by atoms with van der Waals surface area (Å²) < 4.78 is 5.92. The first-order chi connectivity index (χ1) is 13.5. The highest BCUT2D eigenvalue weighted by molar-refractivity contribution is 6.31. The minimum absolute atomic E-state index is 0.146. The molecule has 140 valence electrons. The van der Waals surface area contributed by atoms with Crippen molar-refractivity contribution < 1.29 is 14.3 Å². The second kappa shape index (κ2) is 7.44. The Hall–Kier alpha value is -3.18. The van der Waals surface area contributed by atoms with Crippen molar-refractivity contribution in [2.75, 3.05) is 5.32 Å². The van der Waals surface area contributed by atoms with Gasteiger partial charge in [0, 0.05) is 40.9 Å². The molecule has 0 unspecified atom stereocenters. The number of benzene rings is 2. The van der Waals surface area contributed by atoms with Crippen LogP contribution in [-0.2, 0) is 17.6 Å². The minimum atomic E-state index is -0.232. The van der Waals surface area contributed by atoms with Crippen molar-refractivity contribution >= 4 is 29.0 Å². The molecular formula is C22H17ClN2O3. The minimum Gasteiger partial charge on any atom is -0.457 e. The van der Waals surface area contributed by atoms with Gasteiger partial charge in [0.1, 0.15) is 17.3 Å². The number of nitrogens with zero attached hydrogens (tertiary/aromatic N) is 1. The molecule has 1 aliphatic rings. The lowest BCUT2D eigenvalue weighted by Gasteiger charge is -2.11. The monoisotopic (exact) mass is 392 g/mol. The third-order valence-corrected chi connectivity index (χ3v) is 4.70. The van der Waals surface area contributed by atoms with Crippen LogP contribution in [0.2, 0.25) is 5.02 Å². The van der Waals surface area contributed by atoms with Crippen molar-refractivity contribution in [2.45, 2.75) is 19.8 Å². The van der Waals surface area contributed by atoms with Gasteiger partial charge in [-0.15, -0.1) is 0 Å². The van der Waals surface area contributed by atoms with E-state index in [2.05, 4.69) is 10.3 Å². The molecule has 28 heavy (non-hydrogen) atoms. The van der Waals surface area contributed by atoms with Crippen LogP contribution in [0.3, 0.4) is 0 Å². The van der Waals surface area contributed by atoms with Crippen molar-refractivity contribution in [1.82, 2.24) is 4.98 Å². The maximum absolute atomic E-state index is 12.4. The number of nitrogens with one attached hydrogen (secondary N) is 1. The molecule has 0 spiro atoms.